The highest BCUT2D eigenvalue weighted by Gasteiger charge is 2.51. The average Bonchev–Trinajstić information content (AvgIpc) is 3.34. The lowest BCUT2D eigenvalue weighted by molar-refractivity contribution is -0.163. The highest BCUT2D eigenvalue weighted by molar-refractivity contribution is 7.89. The van der Waals surface area contributed by atoms with Crippen molar-refractivity contribution in [3.05, 3.63) is 92.5 Å². The van der Waals surface area contributed by atoms with Crippen LogP contribution in [0, 0.1) is 0 Å². The average molecular weight is 640 g/mol. The van der Waals surface area contributed by atoms with Crippen molar-refractivity contribution in [1.82, 2.24) is 14.9 Å². The van der Waals surface area contributed by atoms with Crippen LogP contribution >= 0.6 is 11.6 Å². The molecule has 0 aromatic heterocycles. The molecule has 3 heterocycles. The predicted molar refractivity (Wildman–Crippen MR) is 166 cm³/mol. The molecule has 0 radical (unpaired) electrons. The molecule has 0 saturated heterocycles. The number of aryl methyl sites for hydroxylation is 1. The molecule has 0 amide bonds. The van der Waals surface area contributed by atoms with E-state index >= 15 is 0 Å². The van der Waals surface area contributed by atoms with Gasteiger partial charge in [-0.25, -0.2) is 17.9 Å². The number of ether oxygens (including phenoxy) is 1. The Kier molecular flexibility index (Phi) is 7.45. The number of nitrogens with one attached hydrogen (secondary N) is 2. The van der Waals surface area contributed by atoms with Gasteiger partial charge in [0, 0.05) is 28.9 Å². The van der Waals surface area contributed by atoms with Gasteiger partial charge < -0.3 is 20.1 Å². The highest BCUT2D eigenvalue weighted by Crippen LogP contribution is 2.44. The van der Waals surface area contributed by atoms with Crippen LogP contribution in [0.2, 0.25) is 24.2 Å². The molecular weight excluding hydrogens is 606 g/mol. The summed E-state index contributed by atoms with van der Waals surface area (Å²) in [6.07, 6.45) is 3.63. The molecule has 0 fully saturated rings. The van der Waals surface area contributed by atoms with Gasteiger partial charge in [-0.1, -0.05) is 55.9 Å². The molecule has 1 aliphatic carbocycles. The number of cyclic esters (lactones) is 1. The number of allylic oxidation sites excluding steroid dienone is 2. The van der Waals surface area contributed by atoms with Crippen LogP contribution in [0.15, 0.2) is 75.7 Å². The smallest absolute Gasteiger partial charge is 0.342 e. The SMILES string of the molecule is CCC1(O)C(=O)OCC2=C1CC1=C(C2=O)N2Cc3c(cccc3CC[Si](C)(C)CNS(=O)(=O)c3ccc(Cl)cc3)C=C2N1. The van der Waals surface area contributed by atoms with Gasteiger partial charge >= 0.3 is 5.97 Å². The summed E-state index contributed by atoms with van der Waals surface area (Å²) in [5.41, 5.74) is 3.57. The minimum atomic E-state index is -3.63. The summed E-state index contributed by atoms with van der Waals surface area (Å²) in [7, 11) is -5.62. The number of aliphatic hydroxyl groups is 1. The van der Waals surface area contributed by atoms with Gasteiger partial charge in [0.1, 0.15) is 18.1 Å². The molecule has 43 heavy (non-hydrogen) atoms. The first-order valence-electron chi connectivity index (χ1n) is 14.4. The Morgan fingerprint density at radius 2 is 1.91 bits per heavy atom. The van der Waals surface area contributed by atoms with E-state index in [2.05, 4.69) is 35.3 Å². The Morgan fingerprint density at radius 1 is 1.16 bits per heavy atom. The van der Waals surface area contributed by atoms with Gasteiger partial charge in [-0.2, -0.15) is 0 Å². The number of hydrogen-bond acceptors (Lipinski definition) is 8. The Balaban J connectivity index is 1.18. The number of sulfonamides is 1. The minimum absolute atomic E-state index is 0.129. The second-order valence-corrected chi connectivity index (χ2v) is 19.6. The minimum Gasteiger partial charge on any atom is -0.458 e. The molecule has 9 nitrogen and oxygen atoms in total. The zero-order valence-electron chi connectivity index (χ0n) is 24.3. The Labute approximate surface area is 257 Å². The number of carbonyl (C=O) groups excluding carboxylic acids is 2. The topological polar surface area (TPSA) is 125 Å². The summed E-state index contributed by atoms with van der Waals surface area (Å²) in [5.74, 6) is -0.141. The van der Waals surface area contributed by atoms with Gasteiger partial charge in [0.2, 0.25) is 15.8 Å². The third kappa shape index (κ3) is 5.27. The largest absolute Gasteiger partial charge is 0.458 e. The molecule has 12 heteroatoms. The summed E-state index contributed by atoms with van der Waals surface area (Å²) >= 11 is 5.91. The van der Waals surface area contributed by atoms with E-state index in [9.17, 15) is 23.1 Å². The van der Waals surface area contributed by atoms with Gasteiger partial charge in [0.05, 0.1) is 19.5 Å². The highest BCUT2D eigenvalue weighted by atomic mass is 35.5. The monoisotopic (exact) mass is 639 g/mol. The summed E-state index contributed by atoms with van der Waals surface area (Å²) in [6, 6.07) is 13.2. The van der Waals surface area contributed by atoms with Crippen LogP contribution in [-0.2, 0) is 37.3 Å². The van der Waals surface area contributed by atoms with E-state index < -0.39 is 29.7 Å². The number of halogens is 1. The maximum atomic E-state index is 13.7. The van der Waals surface area contributed by atoms with Gasteiger partial charge in [-0.3, -0.25) is 4.79 Å². The molecular formula is C31H34ClN3O6SSi. The number of esters is 1. The lowest BCUT2D eigenvalue weighted by Crippen LogP contribution is -2.48. The second kappa shape index (κ2) is 10.7. The molecule has 6 rings (SSSR count). The van der Waals surface area contributed by atoms with E-state index in [4.69, 9.17) is 16.3 Å². The lowest BCUT2D eigenvalue weighted by atomic mass is 9.78. The molecule has 2 aromatic carbocycles. The van der Waals surface area contributed by atoms with Crippen molar-refractivity contribution in [2.75, 3.05) is 12.8 Å². The fraction of sp³-hybridized carbons (Fsp3) is 0.355. The molecule has 3 N–H and O–H groups in total. The van der Waals surface area contributed by atoms with Crippen LogP contribution in [0.5, 0.6) is 0 Å². The third-order valence-electron chi connectivity index (χ3n) is 8.88. The molecule has 2 aromatic rings. The Morgan fingerprint density at radius 3 is 2.63 bits per heavy atom. The van der Waals surface area contributed by atoms with Crippen molar-refractivity contribution in [2.24, 2.45) is 0 Å². The van der Waals surface area contributed by atoms with Gasteiger partial charge in [-0.05, 0) is 65.4 Å². The van der Waals surface area contributed by atoms with Crippen LogP contribution in [0.3, 0.4) is 0 Å². The fourth-order valence-corrected chi connectivity index (χ4v) is 10.4. The van der Waals surface area contributed by atoms with Gasteiger partial charge in [-0.15, -0.1) is 0 Å². The number of hydrogen-bond donors (Lipinski definition) is 3. The van der Waals surface area contributed by atoms with Crippen molar-refractivity contribution in [1.29, 1.82) is 0 Å². The first kappa shape index (κ1) is 29.8. The van der Waals surface area contributed by atoms with Gasteiger partial charge in [0.15, 0.2) is 5.60 Å². The van der Waals surface area contributed by atoms with Crippen LogP contribution in [-0.4, -0.2) is 56.6 Å². The van der Waals surface area contributed by atoms with Crippen molar-refractivity contribution >= 4 is 47.5 Å². The van der Waals surface area contributed by atoms with Gasteiger partial charge in [0.25, 0.3) is 0 Å². The number of benzene rings is 2. The van der Waals surface area contributed by atoms with E-state index in [1.54, 1.807) is 19.1 Å². The van der Waals surface area contributed by atoms with Crippen LogP contribution < -0.4 is 10.0 Å². The first-order valence-corrected chi connectivity index (χ1v) is 19.6. The number of fused-ring (bicyclic) bond motifs is 3. The Bertz CT molecular complexity index is 1750. The normalized spacial score (nSPS) is 21.5. The molecule has 1 atom stereocenters. The van der Waals surface area contributed by atoms with E-state index in [-0.39, 0.29) is 30.1 Å². The van der Waals surface area contributed by atoms with Crippen molar-refractivity contribution in [2.45, 2.75) is 62.4 Å². The Hall–Kier alpha value is -3.22. The predicted octanol–water partition coefficient (Wildman–Crippen LogP) is 4.00. The van der Waals surface area contributed by atoms with Crippen molar-refractivity contribution < 1.29 is 27.9 Å². The van der Waals surface area contributed by atoms with E-state index in [1.165, 1.54) is 12.1 Å². The molecule has 3 aliphatic heterocycles. The summed E-state index contributed by atoms with van der Waals surface area (Å²) in [4.78, 5) is 28.4. The van der Waals surface area contributed by atoms with E-state index in [0.29, 0.717) is 40.3 Å². The molecule has 4 aliphatic rings. The van der Waals surface area contributed by atoms with Crippen LogP contribution in [0.4, 0.5) is 0 Å². The second-order valence-electron chi connectivity index (χ2n) is 12.2. The zero-order chi connectivity index (χ0) is 30.7. The quantitative estimate of drug-likeness (QED) is 0.292. The number of Topliss-reactive ketones (excluding diaryl/α,β-unsaturated/α-hetero) is 1. The number of nitrogens with zero attached hydrogens (tertiary/aromatic N) is 1. The summed E-state index contributed by atoms with van der Waals surface area (Å²) in [6.45, 7) is 6.42. The van der Waals surface area contributed by atoms with Crippen LogP contribution in [0.25, 0.3) is 6.08 Å². The van der Waals surface area contributed by atoms with Crippen molar-refractivity contribution in [3.8, 4) is 0 Å². The maximum Gasteiger partial charge on any atom is 0.342 e. The standard InChI is InChI=1S/C31H34ClN3O6SSi/c1-4-31(38)25-15-26-28(29(36)24(25)17-41-30(31)37)35-16-23-19(6-5-7-20(23)14-27(35)34-26)12-13-43(2,3)18-33-42(39,40)22-10-8-21(32)9-11-22/h5-11,14,33-34,38H,4,12-13,15-18H2,1-3H3. The first-order chi connectivity index (χ1) is 20.3. The van der Waals surface area contributed by atoms with Crippen LogP contribution in [0.1, 0.15) is 36.5 Å². The van der Waals surface area contributed by atoms with E-state index in [1.807, 2.05) is 17.0 Å². The summed E-state index contributed by atoms with van der Waals surface area (Å²) < 4.78 is 33.7. The van der Waals surface area contributed by atoms with E-state index in [0.717, 1.165) is 35.0 Å². The molecule has 226 valence electrons. The molecule has 0 bridgehead atoms. The zero-order valence-corrected chi connectivity index (χ0v) is 26.9. The molecule has 0 saturated carbocycles. The molecule has 0 spiro atoms. The lowest BCUT2D eigenvalue weighted by Gasteiger charge is -2.36. The maximum absolute atomic E-state index is 13.7. The van der Waals surface area contributed by atoms with Crippen molar-refractivity contribution in [3.63, 3.8) is 0 Å². The number of rotatable bonds is 8. The number of carbonyl (C=O) groups is 2. The fourth-order valence-electron chi connectivity index (χ4n) is 6.15. The molecule has 1 unspecified atom stereocenters. The third-order valence-corrected chi connectivity index (χ3v) is 13.5. The number of ketones is 1. The summed E-state index contributed by atoms with van der Waals surface area (Å²) in [5, 5.41) is 15.0.